The number of benzene rings is 2. The number of rotatable bonds is 1. The van der Waals surface area contributed by atoms with Crippen LogP contribution in [0, 0.1) is 10.1 Å². The molecule has 1 aromatic heterocycles. The molecule has 3 aromatic rings. The van der Waals surface area contributed by atoms with Crippen molar-refractivity contribution < 1.29 is 4.92 Å². The highest BCUT2D eigenvalue weighted by molar-refractivity contribution is 7.26. The molecule has 0 saturated carbocycles. The van der Waals surface area contributed by atoms with Gasteiger partial charge in [0.05, 0.1) is 4.92 Å². The first kappa shape index (κ1) is 9.30. The van der Waals surface area contributed by atoms with Gasteiger partial charge in [-0.3, -0.25) is 10.1 Å². The summed E-state index contributed by atoms with van der Waals surface area (Å²) in [4.78, 5) is 10.6. The second-order valence-electron chi connectivity index (χ2n) is 3.51. The summed E-state index contributed by atoms with van der Waals surface area (Å²) in [5.41, 5.74) is 0.193. The van der Waals surface area contributed by atoms with Gasteiger partial charge in [-0.05, 0) is 6.07 Å². The summed E-state index contributed by atoms with van der Waals surface area (Å²) >= 11 is 1.47. The van der Waals surface area contributed by atoms with Crippen LogP contribution >= 0.6 is 11.3 Å². The minimum atomic E-state index is -0.322. The zero-order valence-electron chi connectivity index (χ0n) is 8.21. The topological polar surface area (TPSA) is 43.1 Å². The van der Waals surface area contributed by atoms with E-state index in [1.807, 2.05) is 30.3 Å². The Labute approximate surface area is 95.1 Å². The van der Waals surface area contributed by atoms with Crippen molar-refractivity contribution in [3.63, 3.8) is 0 Å². The number of hydrogen-bond acceptors (Lipinski definition) is 3. The molecule has 0 aliphatic heterocycles. The van der Waals surface area contributed by atoms with E-state index in [1.54, 1.807) is 12.1 Å². The summed E-state index contributed by atoms with van der Waals surface area (Å²) in [6.45, 7) is 0. The SMILES string of the molecule is O=[N+]([O-])c1cccc2c1sc1ccccc12. The van der Waals surface area contributed by atoms with E-state index in [0.717, 1.165) is 20.2 Å². The van der Waals surface area contributed by atoms with Crippen LogP contribution in [0.5, 0.6) is 0 Å². The molecule has 3 rings (SSSR count). The van der Waals surface area contributed by atoms with E-state index in [4.69, 9.17) is 0 Å². The molecule has 3 nitrogen and oxygen atoms in total. The molecule has 0 fully saturated rings. The molecule has 0 radical (unpaired) electrons. The van der Waals surface area contributed by atoms with Crippen LogP contribution in [0.1, 0.15) is 0 Å². The molecule has 78 valence electrons. The van der Waals surface area contributed by atoms with Gasteiger partial charge in [0.15, 0.2) is 0 Å². The lowest BCUT2D eigenvalue weighted by atomic mass is 10.1. The number of thiophene rings is 1. The van der Waals surface area contributed by atoms with Gasteiger partial charge in [-0.25, -0.2) is 0 Å². The first-order valence-electron chi connectivity index (χ1n) is 4.82. The van der Waals surface area contributed by atoms with Crippen LogP contribution in [0.3, 0.4) is 0 Å². The van der Waals surface area contributed by atoms with Crippen LogP contribution in [0.2, 0.25) is 0 Å². The second kappa shape index (κ2) is 3.28. The molecule has 1 heterocycles. The normalized spacial score (nSPS) is 11.0. The van der Waals surface area contributed by atoms with E-state index >= 15 is 0 Å². The number of hydrogen-bond donors (Lipinski definition) is 0. The molecular formula is C12H7NO2S. The maximum absolute atomic E-state index is 10.9. The third-order valence-corrected chi connectivity index (χ3v) is 3.79. The van der Waals surface area contributed by atoms with Crippen molar-refractivity contribution in [3.8, 4) is 0 Å². The van der Waals surface area contributed by atoms with Crippen molar-refractivity contribution in [3.05, 3.63) is 52.6 Å². The number of nitro benzene ring substituents is 1. The summed E-state index contributed by atoms with van der Waals surface area (Å²) < 4.78 is 1.85. The van der Waals surface area contributed by atoms with Gasteiger partial charge in [0.25, 0.3) is 5.69 Å². The Morgan fingerprint density at radius 1 is 1.00 bits per heavy atom. The minimum Gasteiger partial charge on any atom is -0.258 e. The summed E-state index contributed by atoms with van der Waals surface area (Å²) in [5, 5.41) is 13.0. The molecule has 16 heavy (non-hydrogen) atoms. The van der Waals surface area contributed by atoms with Crippen LogP contribution in [0.25, 0.3) is 20.2 Å². The number of nitrogens with zero attached hydrogens (tertiary/aromatic N) is 1. The lowest BCUT2D eigenvalue weighted by molar-refractivity contribution is -0.382. The van der Waals surface area contributed by atoms with Gasteiger partial charge < -0.3 is 0 Å². The highest BCUT2D eigenvalue weighted by Crippen LogP contribution is 2.38. The van der Waals surface area contributed by atoms with E-state index in [-0.39, 0.29) is 10.6 Å². The predicted molar refractivity (Wildman–Crippen MR) is 66.0 cm³/mol. The number of fused-ring (bicyclic) bond motifs is 3. The van der Waals surface area contributed by atoms with E-state index in [0.29, 0.717) is 0 Å². The number of non-ortho nitro benzene ring substituents is 1. The van der Waals surface area contributed by atoms with Crippen molar-refractivity contribution in [2.24, 2.45) is 0 Å². The maximum atomic E-state index is 10.9. The third-order valence-electron chi connectivity index (χ3n) is 2.58. The monoisotopic (exact) mass is 229 g/mol. The molecule has 2 aromatic carbocycles. The summed E-state index contributed by atoms with van der Waals surface area (Å²) in [6.07, 6.45) is 0. The first-order valence-corrected chi connectivity index (χ1v) is 5.63. The fraction of sp³-hybridized carbons (Fsp3) is 0. The molecule has 0 aliphatic carbocycles. The molecular weight excluding hydrogens is 222 g/mol. The zero-order chi connectivity index (χ0) is 11.1. The Balaban J connectivity index is 2.54. The average molecular weight is 229 g/mol. The molecule has 0 saturated heterocycles. The van der Waals surface area contributed by atoms with Crippen LogP contribution < -0.4 is 0 Å². The summed E-state index contributed by atoms with van der Waals surface area (Å²) in [7, 11) is 0. The zero-order valence-corrected chi connectivity index (χ0v) is 9.03. The molecule has 0 spiro atoms. The molecule has 0 unspecified atom stereocenters. The molecule has 0 N–H and O–H groups in total. The quantitative estimate of drug-likeness (QED) is 0.468. The summed E-state index contributed by atoms with van der Waals surface area (Å²) in [5.74, 6) is 0. The van der Waals surface area contributed by atoms with Gasteiger partial charge in [0.1, 0.15) is 4.70 Å². The molecule has 4 heteroatoms. The number of nitro groups is 1. The standard InChI is InChI=1S/C12H7NO2S/c14-13(15)10-6-3-5-9-8-4-1-2-7-11(8)16-12(9)10/h1-7H. The fourth-order valence-corrected chi connectivity index (χ4v) is 3.07. The smallest absolute Gasteiger partial charge is 0.258 e. The Morgan fingerprint density at radius 3 is 2.56 bits per heavy atom. The van der Waals surface area contributed by atoms with E-state index in [1.165, 1.54) is 11.3 Å². The minimum absolute atomic E-state index is 0.193. The lowest BCUT2D eigenvalue weighted by Gasteiger charge is -1.92. The Hall–Kier alpha value is -1.94. The Morgan fingerprint density at radius 2 is 1.75 bits per heavy atom. The Kier molecular flexibility index (Phi) is 1.91. The van der Waals surface area contributed by atoms with E-state index in [2.05, 4.69) is 0 Å². The van der Waals surface area contributed by atoms with Crippen LogP contribution in [-0.2, 0) is 0 Å². The highest BCUT2D eigenvalue weighted by Gasteiger charge is 2.15. The van der Waals surface area contributed by atoms with Gasteiger partial charge in [-0.15, -0.1) is 11.3 Å². The molecule has 0 aliphatic rings. The largest absolute Gasteiger partial charge is 0.287 e. The van der Waals surface area contributed by atoms with Crippen LogP contribution in [0.4, 0.5) is 5.69 Å². The van der Waals surface area contributed by atoms with E-state index < -0.39 is 0 Å². The maximum Gasteiger partial charge on any atom is 0.287 e. The van der Waals surface area contributed by atoms with Crippen molar-refractivity contribution in [1.29, 1.82) is 0 Å². The average Bonchev–Trinajstić information content (AvgIpc) is 2.67. The van der Waals surface area contributed by atoms with Crippen molar-refractivity contribution in [2.45, 2.75) is 0 Å². The molecule has 0 amide bonds. The molecule has 0 atom stereocenters. The highest BCUT2D eigenvalue weighted by atomic mass is 32.1. The van der Waals surface area contributed by atoms with Crippen molar-refractivity contribution in [2.75, 3.05) is 0 Å². The van der Waals surface area contributed by atoms with Gasteiger partial charge in [-0.2, -0.15) is 0 Å². The van der Waals surface area contributed by atoms with Gasteiger partial charge in [-0.1, -0.05) is 30.3 Å². The third kappa shape index (κ3) is 1.20. The van der Waals surface area contributed by atoms with Crippen LogP contribution in [-0.4, -0.2) is 4.92 Å². The van der Waals surface area contributed by atoms with Gasteiger partial charge in [0.2, 0.25) is 0 Å². The van der Waals surface area contributed by atoms with Crippen molar-refractivity contribution in [1.82, 2.24) is 0 Å². The van der Waals surface area contributed by atoms with Gasteiger partial charge >= 0.3 is 0 Å². The van der Waals surface area contributed by atoms with Crippen LogP contribution in [0.15, 0.2) is 42.5 Å². The second-order valence-corrected chi connectivity index (χ2v) is 4.56. The Bertz CT molecular complexity index is 702. The first-order chi connectivity index (χ1) is 7.77. The van der Waals surface area contributed by atoms with Crippen molar-refractivity contribution >= 4 is 37.2 Å². The lowest BCUT2D eigenvalue weighted by Crippen LogP contribution is -1.86. The van der Waals surface area contributed by atoms with E-state index in [9.17, 15) is 10.1 Å². The predicted octanol–water partition coefficient (Wildman–Crippen LogP) is 3.96. The van der Waals surface area contributed by atoms with Gasteiger partial charge in [0, 0.05) is 21.5 Å². The fourth-order valence-electron chi connectivity index (χ4n) is 1.88. The molecule has 0 bridgehead atoms. The summed E-state index contributed by atoms with van der Waals surface area (Å²) in [6, 6.07) is 13.1.